The monoisotopic (exact) mass is 321 g/mol. The van der Waals surface area contributed by atoms with Crippen LogP contribution in [0.2, 0.25) is 0 Å². The number of phosphoric acid groups is 1. The minimum atomic E-state index is -4.14. The molecule has 0 unspecified atom stereocenters. The second-order valence-corrected chi connectivity index (χ2v) is 5.19. The van der Waals surface area contributed by atoms with Gasteiger partial charge < -0.3 is 14.8 Å². The first-order chi connectivity index (χ1) is 10.4. The number of hydrogen-bond donors (Lipinski definition) is 2. The summed E-state index contributed by atoms with van der Waals surface area (Å²) >= 11 is 0. The molecule has 0 spiro atoms. The van der Waals surface area contributed by atoms with E-state index >= 15 is 0 Å². The Morgan fingerprint density at radius 3 is 1.59 bits per heavy atom. The molecule has 6 nitrogen and oxygen atoms in total. The van der Waals surface area contributed by atoms with Crippen molar-refractivity contribution in [3.63, 3.8) is 0 Å². The lowest BCUT2D eigenvalue weighted by Crippen LogP contribution is -2.04. The van der Waals surface area contributed by atoms with E-state index in [0.717, 1.165) is 6.08 Å². The number of amides is 1. The van der Waals surface area contributed by atoms with Crippen LogP contribution >= 0.6 is 7.82 Å². The number of para-hydroxylation sites is 2. The molecule has 0 aromatic heterocycles. The smallest absolute Gasteiger partial charge is 0.395 e. The lowest BCUT2D eigenvalue weighted by molar-refractivity contribution is -0.113. The lowest BCUT2D eigenvalue weighted by Gasteiger charge is -2.13. The third kappa shape index (κ3) is 7.28. The minimum absolute atomic E-state index is 0.286. The van der Waals surface area contributed by atoms with E-state index in [1.165, 1.54) is 0 Å². The molecule has 116 valence electrons. The minimum Gasteiger partial charge on any atom is -0.395 e. The normalized spacial score (nSPS) is 9.86. The predicted octanol–water partition coefficient (Wildman–Crippen LogP) is 2.90. The van der Waals surface area contributed by atoms with E-state index < -0.39 is 13.7 Å². The summed E-state index contributed by atoms with van der Waals surface area (Å²) in [5.41, 5.74) is 4.53. The topological polar surface area (TPSA) is 98.9 Å². The lowest BCUT2D eigenvalue weighted by atomic mass is 10.3. The fourth-order valence-corrected chi connectivity index (χ4v) is 2.06. The molecule has 0 saturated carbocycles. The first-order valence-corrected chi connectivity index (χ1v) is 7.66. The summed E-state index contributed by atoms with van der Waals surface area (Å²) < 4.78 is 21.5. The Balaban J connectivity index is 0.000000422. The largest absolute Gasteiger partial charge is 0.584 e. The first-order valence-electron chi connectivity index (χ1n) is 6.17. The van der Waals surface area contributed by atoms with Crippen LogP contribution in [0.4, 0.5) is 0 Å². The Bertz CT molecular complexity index is 600. The Morgan fingerprint density at radius 1 is 1.00 bits per heavy atom. The molecule has 0 bridgehead atoms. The van der Waals surface area contributed by atoms with Gasteiger partial charge in [-0.25, -0.2) is 4.57 Å². The highest BCUT2D eigenvalue weighted by Gasteiger charge is 2.24. The van der Waals surface area contributed by atoms with Crippen molar-refractivity contribution in [1.82, 2.24) is 0 Å². The summed E-state index contributed by atoms with van der Waals surface area (Å²) in [5.74, 6) is 0.0912. The number of primary amides is 1. The Labute approximate surface area is 128 Å². The highest BCUT2D eigenvalue weighted by atomic mass is 31.2. The number of carbonyl (C=O) groups excluding carboxylic acids is 1. The third-order valence-corrected chi connectivity index (χ3v) is 3.01. The van der Waals surface area contributed by atoms with Crippen molar-refractivity contribution in [3.8, 4) is 11.5 Å². The maximum absolute atomic E-state index is 11.7. The van der Waals surface area contributed by atoms with Crippen molar-refractivity contribution in [2.24, 2.45) is 5.73 Å². The highest BCUT2D eigenvalue weighted by Crippen LogP contribution is 2.43. The predicted molar refractivity (Wildman–Crippen MR) is 83.4 cm³/mol. The molecule has 0 atom stereocenters. The van der Waals surface area contributed by atoms with Crippen LogP contribution in [-0.2, 0) is 9.36 Å². The van der Waals surface area contributed by atoms with Crippen LogP contribution in [0, 0.1) is 0 Å². The van der Waals surface area contributed by atoms with E-state index in [9.17, 15) is 14.3 Å². The number of rotatable bonds is 5. The van der Waals surface area contributed by atoms with Crippen molar-refractivity contribution in [1.29, 1.82) is 0 Å². The van der Waals surface area contributed by atoms with Gasteiger partial charge in [-0.05, 0) is 30.3 Å². The molecule has 0 heterocycles. The molecule has 2 aromatic rings. The van der Waals surface area contributed by atoms with Crippen molar-refractivity contribution in [2.45, 2.75) is 0 Å². The molecule has 0 aliphatic rings. The molecule has 1 amide bonds. The first kappa shape index (κ1) is 17.5. The molecule has 7 heteroatoms. The molecular weight excluding hydrogens is 305 g/mol. The molecule has 2 aromatic carbocycles. The molecule has 3 N–H and O–H groups in total. The summed E-state index contributed by atoms with van der Waals surface area (Å²) in [6.07, 6.45) is 1.06. The van der Waals surface area contributed by atoms with Crippen molar-refractivity contribution in [2.75, 3.05) is 0 Å². The van der Waals surface area contributed by atoms with Gasteiger partial charge in [0, 0.05) is 0 Å². The Kier molecular flexibility index (Phi) is 6.89. The van der Waals surface area contributed by atoms with E-state index in [0.29, 0.717) is 0 Å². The zero-order chi connectivity index (χ0) is 16.4. The summed E-state index contributed by atoms with van der Waals surface area (Å²) in [7, 11) is -4.14. The average molecular weight is 321 g/mol. The number of nitrogens with two attached hydrogens (primary N) is 1. The van der Waals surface area contributed by atoms with Gasteiger partial charge in [-0.2, -0.15) is 0 Å². The van der Waals surface area contributed by atoms with Gasteiger partial charge in [-0.1, -0.05) is 43.0 Å². The van der Waals surface area contributed by atoms with Crippen LogP contribution in [0.3, 0.4) is 0 Å². The van der Waals surface area contributed by atoms with Gasteiger partial charge in [0.05, 0.1) is 0 Å². The van der Waals surface area contributed by atoms with Crippen LogP contribution in [0.1, 0.15) is 0 Å². The van der Waals surface area contributed by atoms with Crippen LogP contribution < -0.4 is 14.8 Å². The molecule has 2 rings (SSSR count). The van der Waals surface area contributed by atoms with E-state index in [2.05, 4.69) is 12.3 Å². The maximum atomic E-state index is 11.7. The maximum Gasteiger partial charge on any atom is 0.584 e. The van der Waals surface area contributed by atoms with E-state index in [1.807, 2.05) is 0 Å². The zero-order valence-corrected chi connectivity index (χ0v) is 12.6. The quantitative estimate of drug-likeness (QED) is 0.651. The van der Waals surface area contributed by atoms with Crippen molar-refractivity contribution >= 4 is 13.7 Å². The molecule has 0 saturated heterocycles. The van der Waals surface area contributed by atoms with Gasteiger partial charge >= 0.3 is 7.82 Å². The number of benzene rings is 2. The summed E-state index contributed by atoms with van der Waals surface area (Å²) in [4.78, 5) is 19.0. The van der Waals surface area contributed by atoms with Crippen LogP contribution in [0.15, 0.2) is 73.3 Å². The number of phosphoric ester groups is 1. The average Bonchev–Trinajstić information content (AvgIpc) is 2.49. The number of hydrogen-bond acceptors (Lipinski definition) is 4. The summed E-state index contributed by atoms with van der Waals surface area (Å²) in [5, 5.41) is 0. The third-order valence-electron chi connectivity index (χ3n) is 2.13. The van der Waals surface area contributed by atoms with Gasteiger partial charge in [0.1, 0.15) is 11.5 Å². The Morgan fingerprint density at radius 2 is 1.32 bits per heavy atom. The highest BCUT2D eigenvalue weighted by molar-refractivity contribution is 7.48. The molecule has 0 fully saturated rings. The van der Waals surface area contributed by atoms with Gasteiger partial charge in [-0.3, -0.25) is 9.69 Å². The van der Waals surface area contributed by atoms with E-state index in [1.54, 1.807) is 60.7 Å². The second-order valence-electron chi connectivity index (χ2n) is 3.88. The zero-order valence-electron chi connectivity index (χ0n) is 11.7. The van der Waals surface area contributed by atoms with E-state index in [-0.39, 0.29) is 11.5 Å². The SMILES string of the molecule is C=CC(N)=O.O=P(O)(Oc1ccccc1)Oc1ccccc1. The van der Waals surface area contributed by atoms with Crippen LogP contribution in [0.25, 0.3) is 0 Å². The van der Waals surface area contributed by atoms with Crippen LogP contribution in [-0.4, -0.2) is 10.8 Å². The molecule has 0 radical (unpaired) electrons. The summed E-state index contributed by atoms with van der Waals surface area (Å²) in [6, 6.07) is 16.7. The van der Waals surface area contributed by atoms with Crippen molar-refractivity contribution < 1.29 is 23.3 Å². The second kappa shape index (κ2) is 8.67. The Hall–Kier alpha value is -2.56. The van der Waals surface area contributed by atoms with Gasteiger partial charge in [0.25, 0.3) is 0 Å². The fraction of sp³-hybridized carbons (Fsp3) is 0. The van der Waals surface area contributed by atoms with E-state index in [4.69, 9.17) is 9.05 Å². The van der Waals surface area contributed by atoms with Gasteiger partial charge in [0.15, 0.2) is 0 Å². The van der Waals surface area contributed by atoms with Gasteiger partial charge in [0.2, 0.25) is 5.91 Å². The standard InChI is InChI=1S/C12H11O4P.C3H5NO/c13-17(14,15-11-7-3-1-4-8-11)16-12-9-5-2-6-10-12;1-2-3(4)5/h1-10H,(H,13,14);2H,1H2,(H2,4,5). The fourth-order valence-electron chi connectivity index (χ4n) is 1.25. The van der Waals surface area contributed by atoms with Crippen molar-refractivity contribution in [3.05, 3.63) is 73.3 Å². The molecule has 0 aliphatic carbocycles. The summed E-state index contributed by atoms with van der Waals surface area (Å²) in [6.45, 7) is 3.09. The molecular formula is C15H16NO5P. The molecule has 0 aliphatic heterocycles. The van der Waals surface area contributed by atoms with Crippen LogP contribution in [0.5, 0.6) is 11.5 Å². The number of carbonyl (C=O) groups is 1. The molecule has 22 heavy (non-hydrogen) atoms. The van der Waals surface area contributed by atoms with Gasteiger partial charge in [-0.15, -0.1) is 0 Å².